The van der Waals surface area contributed by atoms with Gasteiger partial charge in [-0.1, -0.05) is 0 Å². The first-order valence-electron chi connectivity index (χ1n) is 6.04. The second-order valence-electron chi connectivity index (χ2n) is 4.30. The highest BCUT2D eigenvalue weighted by molar-refractivity contribution is 7.89. The van der Waals surface area contributed by atoms with E-state index in [1.807, 2.05) is 11.0 Å². The number of aromatic nitrogens is 1. The second-order valence-corrected chi connectivity index (χ2v) is 6.21. The molecular formula is C12H13N5O2S. The largest absolute Gasteiger partial charge is 0.288 e. The van der Waals surface area contributed by atoms with Crippen LogP contribution in [0.2, 0.25) is 0 Å². The van der Waals surface area contributed by atoms with E-state index >= 15 is 0 Å². The van der Waals surface area contributed by atoms with Crippen LogP contribution in [-0.4, -0.2) is 55.3 Å². The third kappa shape index (κ3) is 2.78. The fourth-order valence-corrected chi connectivity index (χ4v) is 3.57. The van der Waals surface area contributed by atoms with Crippen molar-refractivity contribution in [3.8, 4) is 12.1 Å². The van der Waals surface area contributed by atoms with Gasteiger partial charge >= 0.3 is 0 Å². The Morgan fingerprint density at radius 2 is 1.95 bits per heavy atom. The Hall–Kier alpha value is -2.00. The van der Waals surface area contributed by atoms with Gasteiger partial charge < -0.3 is 0 Å². The fraction of sp³-hybridized carbons (Fsp3) is 0.417. The molecule has 0 aromatic carbocycles. The first-order valence-corrected chi connectivity index (χ1v) is 7.48. The lowest BCUT2D eigenvalue weighted by molar-refractivity contribution is 0.206. The molecule has 1 aromatic heterocycles. The van der Waals surface area contributed by atoms with Crippen LogP contribution in [0.15, 0.2) is 23.2 Å². The predicted molar refractivity (Wildman–Crippen MR) is 69.8 cm³/mol. The molecule has 0 aliphatic carbocycles. The molecule has 0 N–H and O–H groups in total. The van der Waals surface area contributed by atoms with Crippen LogP contribution in [0, 0.1) is 22.7 Å². The SMILES string of the molecule is N#CCN1CCN(S(=O)(=O)c2cccnc2C#N)CC1. The summed E-state index contributed by atoms with van der Waals surface area (Å²) in [7, 11) is -3.70. The molecule has 1 saturated heterocycles. The highest BCUT2D eigenvalue weighted by Gasteiger charge is 2.30. The Morgan fingerprint density at radius 3 is 2.55 bits per heavy atom. The number of piperazine rings is 1. The molecular weight excluding hydrogens is 278 g/mol. The Kier molecular flexibility index (Phi) is 4.30. The molecule has 0 radical (unpaired) electrons. The van der Waals surface area contributed by atoms with Crippen LogP contribution >= 0.6 is 0 Å². The predicted octanol–water partition coefficient (Wildman–Crippen LogP) is -0.217. The summed E-state index contributed by atoms with van der Waals surface area (Å²) in [6.07, 6.45) is 1.39. The van der Waals surface area contributed by atoms with Crippen molar-refractivity contribution >= 4 is 10.0 Å². The van der Waals surface area contributed by atoms with Gasteiger partial charge in [-0.05, 0) is 12.1 Å². The van der Waals surface area contributed by atoms with E-state index in [0.717, 1.165) is 0 Å². The van der Waals surface area contributed by atoms with Gasteiger partial charge in [0.1, 0.15) is 11.0 Å². The highest BCUT2D eigenvalue weighted by Crippen LogP contribution is 2.19. The van der Waals surface area contributed by atoms with Crippen molar-refractivity contribution in [2.45, 2.75) is 4.90 Å². The van der Waals surface area contributed by atoms with Crippen LogP contribution in [0.3, 0.4) is 0 Å². The Morgan fingerprint density at radius 1 is 1.25 bits per heavy atom. The van der Waals surface area contributed by atoms with Gasteiger partial charge in [0.15, 0.2) is 5.69 Å². The lowest BCUT2D eigenvalue weighted by Crippen LogP contribution is -2.48. The molecule has 0 saturated carbocycles. The van der Waals surface area contributed by atoms with Crippen LogP contribution in [0.1, 0.15) is 5.69 Å². The average Bonchev–Trinajstić information content (AvgIpc) is 2.48. The number of hydrogen-bond acceptors (Lipinski definition) is 6. The van der Waals surface area contributed by atoms with Gasteiger partial charge in [-0.15, -0.1) is 0 Å². The standard InChI is InChI=1S/C12H13N5O2S/c13-3-5-16-6-8-17(9-7-16)20(18,19)12-2-1-4-15-11(12)10-14/h1-2,4H,5-9H2. The minimum atomic E-state index is -3.70. The number of rotatable bonds is 3. The lowest BCUT2D eigenvalue weighted by atomic mass is 10.4. The molecule has 8 heteroatoms. The molecule has 1 aromatic rings. The molecule has 0 unspecified atom stereocenters. The van der Waals surface area contributed by atoms with Gasteiger partial charge in [-0.2, -0.15) is 14.8 Å². The van der Waals surface area contributed by atoms with Crippen LogP contribution in [-0.2, 0) is 10.0 Å². The van der Waals surface area contributed by atoms with E-state index in [0.29, 0.717) is 32.7 Å². The van der Waals surface area contributed by atoms with Crippen LogP contribution < -0.4 is 0 Å². The molecule has 2 rings (SSSR count). The molecule has 0 spiro atoms. The second kappa shape index (κ2) is 5.97. The summed E-state index contributed by atoms with van der Waals surface area (Å²) in [4.78, 5) is 5.61. The van der Waals surface area contributed by atoms with Gasteiger partial charge in [0.05, 0.1) is 12.6 Å². The third-order valence-corrected chi connectivity index (χ3v) is 5.05. The highest BCUT2D eigenvalue weighted by atomic mass is 32.2. The molecule has 1 fully saturated rings. The molecule has 0 amide bonds. The number of hydrogen-bond donors (Lipinski definition) is 0. The van der Waals surface area contributed by atoms with Crippen LogP contribution in [0.25, 0.3) is 0 Å². The quantitative estimate of drug-likeness (QED) is 0.714. The van der Waals surface area contributed by atoms with E-state index in [4.69, 9.17) is 10.5 Å². The molecule has 2 heterocycles. The normalized spacial score (nSPS) is 17.3. The number of pyridine rings is 1. The molecule has 7 nitrogen and oxygen atoms in total. The first kappa shape index (κ1) is 14.4. The van der Waals surface area contributed by atoms with E-state index in [1.165, 1.54) is 22.6 Å². The van der Waals surface area contributed by atoms with Crippen molar-refractivity contribution in [3.05, 3.63) is 24.0 Å². The van der Waals surface area contributed by atoms with Gasteiger partial charge in [0.25, 0.3) is 0 Å². The average molecular weight is 291 g/mol. The third-order valence-electron chi connectivity index (χ3n) is 3.12. The van der Waals surface area contributed by atoms with E-state index in [9.17, 15) is 8.42 Å². The van der Waals surface area contributed by atoms with Gasteiger partial charge in [0, 0.05) is 32.4 Å². The Labute approximate surface area is 117 Å². The number of sulfonamides is 1. The van der Waals surface area contributed by atoms with Crippen molar-refractivity contribution in [1.29, 1.82) is 10.5 Å². The maximum absolute atomic E-state index is 12.5. The van der Waals surface area contributed by atoms with E-state index in [1.54, 1.807) is 6.07 Å². The molecule has 1 aliphatic rings. The maximum atomic E-state index is 12.5. The number of nitriles is 2. The zero-order chi connectivity index (χ0) is 14.6. The summed E-state index contributed by atoms with van der Waals surface area (Å²) in [6.45, 7) is 1.93. The summed E-state index contributed by atoms with van der Waals surface area (Å²) in [5.41, 5.74) is -0.0908. The van der Waals surface area contributed by atoms with E-state index in [2.05, 4.69) is 4.98 Å². The Bertz CT molecular complexity index is 666. The van der Waals surface area contributed by atoms with Crippen molar-refractivity contribution < 1.29 is 8.42 Å². The van der Waals surface area contributed by atoms with Crippen molar-refractivity contribution in [2.75, 3.05) is 32.7 Å². The fourth-order valence-electron chi connectivity index (χ4n) is 2.05. The van der Waals surface area contributed by atoms with Crippen molar-refractivity contribution in [2.24, 2.45) is 0 Å². The Balaban J connectivity index is 2.21. The zero-order valence-electron chi connectivity index (χ0n) is 10.7. The van der Waals surface area contributed by atoms with Crippen molar-refractivity contribution in [3.63, 3.8) is 0 Å². The first-order chi connectivity index (χ1) is 9.59. The van der Waals surface area contributed by atoms with Gasteiger partial charge in [0.2, 0.25) is 10.0 Å². The summed E-state index contributed by atoms with van der Waals surface area (Å²) in [5.74, 6) is 0. The summed E-state index contributed by atoms with van der Waals surface area (Å²) < 4.78 is 26.3. The smallest absolute Gasteiger partial charge is 0.246 e. The summed E-state index contributed by atoms with van der Waals surface area (Å²) in [6, 6.07) is 6.74. The van der Waals surface area contributed by atoms with Crippen molar-refractivity contribution in [1.82, 2.24) is 14.2 Å². The molecule has 104 valence electrons. The number of nitrogens with zero attached hydrogens (tertiary/aromatic N) is 5. The lowest BCUT2D eigenvalue weighted by Gasteiger charge is -2.32. The minimum absolute atomic E-state index is 0.0590. The summed E-state index contributed by atoms with van der Waals surface area (Å²) in [5, 5.41) is 17.6. The monoisotopic (exact) mass is 291 g/mol. The van der Waals surface area contributed by atoms with Gasteiger partial charge in [-0.25, -0.2) is 13.4 Å². The van der Waals surface area contributed by atoms with Gasteiger partial charge in [-0.3, -0.25) is 4.90 Å². The van der Waals surface area contributed by atoms with E-state index < -0.39 is 10.0 Å². The minimum Gasteiger partial charge on any atom is -0.288 e. The molecule has 20 heavy (non-hydrogen) atoms. The van der Waals surface area contributed by atoms with Crippen LogP contribution in [0.4, 0.5) is 0 Å². The molecule has 0 atom stereocenters. The maximum Gasteiger partial charge on any atom is 0.246 e. The summed E-state index contributed by atoms with van der Waals surface area (Å²) >= 11 is 0. The van der Waals surface area contributed by atoms with E-state index in [-0.39, 0.29) is 10.6 Å². The molecule has 0 bridgehead atoms. The molecule has 1 aliphatic heterocycles. The topological polar surface area (TPSA) is 101 Å². The zero-order valence-corrected chi connectivity index (χ0v) is 11.5. The van der Waals surface area contributed by atoms with Crippen LogP contribution in [0.5, 0.6) is 0 Å².